The number of pyridine rings is 1. The molecule has 0 saturated heterocycles. The van der Waals surface area contributed by atoms with Crippen molar-refractivity contribution < 1.29 is 0 Å². The zero-order chi connectivity index (χ0) is 11.8. The minimum absolute atomic E-state index is 0.717. The first-order valence-corrected chi connectivity index (χ1v) is 6.78. The third-order valence-electron chi connectivity index (χ3n) is 3.41. The van der Waals surface area contributed by atoms with Gasteiger partial charge in [0.25, 0.3) is 0 Å². The number of nitrogens with zero attached hydrogens (tertiary/aromatic N) is 1. The molecule has 0 unspecified atom stereocenters. The van der Waals surface area contributed by atoms with Crippen LogP contribution in [0, 0.1) is 0 Å². The molecule has 0 aliphatic heterocycles. The van der Waals surface area contributed by atoms with Crippen LogP contribution in [-0.4, -0.2) is 4.98 Å². The maximum atomic E-state index is 6.50. The van der Waals surface area contributed by atoms with Crippen LogP contribution in [0.15, 0.2) is 18.2 Å². The van der Waals surface area contributed by atoms with E-state index >= 15 is 0 Å². The Morgan fingerprint density at radius 2 is 1.82 bits per heavy atom. The summed E-state index contributed by atoms with van der Waals surface area (Å²) in [6.45, 7) is 0. The van der Waals surface area contributed by atoms with Crippen molar-refractivity contribution in [3.8, 4) is 0 Å². The fourth-order valence-electron chi connectivity index (χ4n) is 2.52. The van der Waals surface area contributed by atoms with Gasteiger partial charge < -0.3 is 0 Å². The van der Waals surface area contributed by atoms with Gasteiger partial charge in [-0.05, 0) is 49.4 Å². The average Bonchev–Trinajstić information content (AvgIpc) is 2.54. The van der Waals surface area contributed by atoms with E-state index in [4.69, 9.17) is 28.2 Å². The highest BCUT2D eigenvalue weighted by atomic mass is 35.5. The fourth-order valence-corrected chi connectivity index (χ4v) is 3.05. The van der Waals surface area contributed by atoms with Gasteiger partial charge in [0.2, 0.25) is 0 Å². The van der Waals surface area contributed by atoms with E-state index in [-0.39, 0.29) is 0 Å². The predicted molar refractivity (Wildman–Crippen MR) is 73.0 cm³/mol. The summed E-state index contributed by atoms with van der Waals surface area (Å²) < 4.78 is 0. The second-order valence-electron chi connectivity index (χ2n) is 4.57. The normalized spacial score (nSPS) is 15.6. The minimum Gasteiger partial charge on any atom is -0.252 e. The van der Waals surface area contributed by atoms with E-state index in [0.717, 1.165) is 33.8 Å². The van der Waals surface area contributed by atoms with Crippen molar-refractivity contribution in [2.24, 2.45) is 0 Å². The average molecular weight is 266 g/mol. The maximum absolute atomic E-state index is 6.50. The second kappa shape index (κ2) is 4.47. The Balaban J connectivity index is 2.29. The number of benzene rings is 1. The molecule has 3 rings (SSSR count). The van der Waals surface area contributed by atoms with Gasteiger partial charge in [-0.1, -0.05) is 29.6 Å². The van der Waals surface area contributed by atoms with Crippen molar-refractivity contribution in [1.29, 1.82) is 0 Å². The first-order valence-electron chi connectivity index (χ1n) is 6.02. The van der Waals surface area contributed by atoms with Gasteiger partial charge in [-0.3, -0.25) is 4.98 Å². The van der Waals surface area contributed by atoms with E-state index in [1.165, 1.54) is 30.5 Å². The molecule has 0 atom stereocenters. The van der Waals surface area contributed by atoms with Gasteiger partial charge >= 0.3 is 0 Å². The number of halogens is 2. The molecule has 1 aromatic heterocycles. The van der Waals surface area contributed by atoms with Crippen LogP contribution in [-0.2, 0) is 12.8 Å². The van der Waals surface area contributed by atoms with Crippen molar-refractivity contribution in [3.63, 3.8) is 0 Å². The minimum atomic E-state index is 0.717. The summed E-state index contributed by atoms with van der Waals surface area (Å²) in [6, 6.07) is 5.74. The van der Waals surface area contributed by atoms with Crippen LogP contribution in [0.2, 0.25) is 10.0 Å². The van der Waals surface area contributed by atoms with Crippen LogP contribution < -0.4 is 0 Å². The van der Waals surface area contributed by atoms with Crippen LogP contribution in [0.1, 0.15) is 30.5 Å². The number of fused-ring (bicyclic) bond motifs is 2. The molecule has 2 aromatic rings. The van der Waals surface area contributed by atoms with Gasteiger partial charge in [-0.2, -0.15) is 0 Å². The molecule has 1 aliphatic rings. The Bertz CT molecular complexity index is 578. The van der Waals surface area contributed by atoms with E-state index in [9.17, 15) is 0 Å². The molecular weight excluding hydrogens is 253 g/mol. The third-order valence-corrected chi connectivity index (χ3v) is 4.07. The van der Waals surface area contributed by atoms with Gasteiger partial charge in [-0.15, -0.1) is 0 Å². The quantitative estimate of drug-likeness (QED) is 0.623. The Labute approximate surface area is 111 Å². The van der Waals surface area contributed by atoms with E-state index < -0.39 is 0 Å². The summed E-state index contributed by atoms with van der Waals surface area (Å²) >= 11 is 12.5. The molecular formula is C14H13Cl2N. The van der Waals surface area contributed by atoms with Crippen molar-refractivity contribution >= 4 is 34.1 Å². The molecule has 88 valence electrons. The lowest BCUT2D eigenvalue weighted by molar-refractivity contribution is 0.709. The molecule has 1 heterocycles. The van der Waals surface area contributed by atoms with E-state index in [1.807, 2.05) is 18.2 Å². The maximum Gasteiger partial charge on any atom is 0.0735 e. The predicted octanol–water partition coefficient (Wildman–Crippen LogP) is 4.81. The first kappa shape index (κ1) is 11.3. The highest BCUT2D eigenvalue weighted by molar-refractivity contribution is 6.37. The lowest BCUT2D eigenvalue weighted by atomic mass is 10.1. The molecule has 0 radical (unpaired) electrons. The number of rotatable bonds is 0. The van der Waals surface area contributed by atoms with Crippen molar-refractivity contribution in [2.75, 3.05) is 0 Å². The van der Waals surface area contributed by atoms with Crippen LogP contribution in [0.5, 0.6) is 0 Å². The fraction of sp³-hybridized carbons (Fsp3) is 0.357. The smallest absolute Gasteiger partial charge is 0.0735 e. The molecule has 0 fully saturated rings. The Kier molecular flexibility index (Phi) is 2.97. The summed E-state index contributed by atoms with van der Waals surface area (Å²) in [6.07, 6.45) is 5.79. The monoisotopic (exact) mass is 265 g/mol. The molecule has 1 aromatic carbocycles. The number of aromatic nitrogens is 1. The molecule has 1 aliphatic carbocycles. The molecule has 17 heavy (non-hydrogen) atoms. The van der Waals surface area contributed by atoms with Crippen LogP contribution in [0.25, 0.3) is 10.9 Å². The van der Waals surface area contributed by atoms with Crippen molar-refractivity contribution in [3.05, 3.63) is 39.5 Å². The SMILES string of the molecule is Clc1ccc2c(Cl)c3c(nc2c1)CCCCC3. The highest BCUT2D eigenvalue weighted by Gasteiger charge is 2.15. The second-order valence-corrected chi connectivity index (χ2v) is 5.39. The van der Waals surface area contributed by atoms with Gasteiger partial charge in [0, 0.05) is 16.1 Å². The van der Waals surface area contributed by atoms with Gasteiger partial charge in [0.15, 0.2) is 0 Å². The standard InChI is InChI=1S/C14H13Cl2N/c15-9-6-7-11-13(8-9)17-12-5-3-1-2-4-10(12)14(11)16/h6-8H,1-5H2. The molecule has 0 spiro atoms. The number of hydrogen-bond donors (Lipinski definition) is 0. The summed E-state index contributed by atoms with van der Waals surface area (Å²) in [7, 11) is 0. The number of hydrogen-bond acceptors (Lipinski definition) is 1. The highest BCUT2D eigenvalue weighted by Crippen LogP contribution is 2.33. The summed E-state index contributed by atoms with van der Waals surface area (Å²) in [5.41, 5.74) is 3.34. The van der Waals surface area contributed by atoms with E-state index in [1.54, 1.807) is 0 Å². The van der Waals surface area contributed by atoms with Crippen LogP contribution in [0.3, 0.4) is 0 Å². The Morgan fingerprint density at radius 3 is 2.71 bits per heavy atom. The van der Waals surface area contributed by atoms with Crippen LogP contribution in [0.4, 0.5) is 0 Å². The molecule has 0 saturated carbocycles. The lowest BCUT2D eigenvalue weighted by Crippen LogP contribution is -1.98. The number of aryl methyl sites for hydroxylation is 1. The van der Waals surface area contributed by atoms with E-state index in [0.29, 0.717) is 0 Å². The van der Waals surface area contributed by atoms with Gasteiger partial charge in [0.05, 0.1) is 10.5 Å². The van der Waals surface area contributed by atoms with Crippen molar-refractivity contribution in [1.82, 2.24) is 4.98 Å². The lowest BCUT2D eigenvalue weighted by Gasteiger charge is -2.10. The molecule has 3 heteroatoms. The molecule has 0 amide bonds. The molecule has 1 nitrogen and oxygen atoms in total. The summed E-state index contributed by atoms with van der Waals surface area (Å²) in [4.78, 5) is 4.73. The van der Waals surface area contributed by atoms with E-state index in [2.05, 4.69) is 0 Å². The first-order chi connectivity index (χ1) is 8.25. The Hall–Kier alpha value is -0.790. The topological polar surface area (TPSA) is 12.9 Å². The molecule has 0 bridgehead atoms. The van der Waals surface area contributed by atoms with Crippen LogP contribution >= 0.6 is 23.2 Å². The zero-order valence-corrected chi connectivity index (χ0v) is 11.0. The van der Waals surface area contributed by atoms with Crippen molar-refractivity contribution in [2.45, 2.75) is 32.1 Å². The van der Waals surface area contributed by atoms with Gasteiger partial charge in [0.1, 0.15) is 0 Å². The zero-order valence-electron chi connectivity index (χ0n) is 9.47. The molecule has 0 N–H and O–H groups in total. The summed E-state index contributed by atoms with van der Waals surface area (Å²) in [5.74, 6) is 0. The summed E-state index contributed by atoms with van der Waals surface area (Å²) in [5, 5.41) is 2.62. The third kappa shape index (κ3) is 2.02. The Morgan fingerprint density at radius 1 is 1.00 bits per heavy atom. The van der Waals surface area contributed by atoms with Gasteiger partial charge in [-0.25, -0.2) is 0 Å². The largest absolute Gasteiger partial charge is 0.252 e.